The Morgan fingerprint density at radius 2 is 1.95 bits per heavy atom. The van der Waals surface area contributed by atoms with E-state index in [0.717, 1.165) is 12.3 Å². The molecule has 0 aromatic rings. The molecule has 5 nitrogen and oxygen atoms in total. The zero-order chi connectivity index (χ0) is 14.3. The number of carboxylic acids is 1. The van der Waals surface area contributed by atoms with Crippen molar-refractivity contribution in [3.63, 3.8) is 0 Å². The van der Waals surface area contributed by atoms with E-state index in [1.54, 1.807) is 0 Å². The number of likely N-dealkylation sites (tertiary alicyclic amines) is 1. The zero-order valence-corrected chi connectivity index (χ0v) is 12.0. The molecular weight excluding hydrogens is 256 g/mol. The fourth-order valence-corrected chi connectivity index (χ4v) is 4.36. The fourth-order valence-electron chi connectivity index (χ4n) is 4.36. The first-order valence-corrected chi connectivity index (χ1v) is 7.84. The van der Waals surface area contributed by atoms with Crippen LogP contribution in [-0.4, -0.2) is 40.6 Å². The van der Waals surface area contributed by atoms with E-state index in [2.05, 4.69) is 5.32 Å². The first-order chi connectivity index (χ1) is 9.54. The first-order valence-electron chi connectivity index (χ1n) is 7.84. The van der Waals surface area contributed by atoms with Gasteiger partial charge in [-0.1, -0.05) is 6.42 Å². The number of urea groups is 1. The largest absolute Gasteiger partial charge is 0.481 e. The molecule has 2 saturated carbocycles. The molecule has 2 bridgehead atoms. The summed E-state index contributed by atoms with van der Waals surface area (Å²) in [5, 5.41) is 12.3. The predicted octanol–water partition coefficient (Wildman–Crippen LogP) is 2.07. The number of rotatable bonds is 2. The molecule has 3 rings (SSSR count). The van der Waals surface area contributed by atoms with Gasteiger partial charge in [0.2, 0.25) is 0 Å². The zero-order valence-electron chi connectivity index (χ0n) is 12.0. The lowest BCUT2D eigenvalue weighted by atomic mass is 9.92. The molecule has 1 heterocycles. The molecule has 5 heteroatoms. The summed E-state index contributed by atoms with van der Waals surface area (Å²) in [4.78, 5) is 25.2. The normalized spacial score (nSPS) is 39.9. The van der Waals surface area contributed by atoms with E-state index in [4.69, 9.17) is 5.11 Å². The summed E-state index contributed by atoms with van der Waals surface area (Å²) in [5.74, 6) is 0.470. The SMILES string of the molecule is CC1CC(C(=O)O)CCN1C(=O)NC1CC2CCC1C2. The number of nitrogens with zero attached hydrogens (tertiary/aromatic N) is 1. The topological polar surface area (TPSA) is 69.6 Å². The van der Waals surface area contributed by atoms with Gasteiger partial charge in [-0.2, -0.15) is 0 Å². The number of hydrogen-bond acceptors (Lipinski definition) is 2. The van der Waals surface area contributed by atoms with Gasteiger partial charge in [-0.3, -0.25) is 4.79 Å². The number of amides is 2. The van der Waals surface area contributed by atoms with Crippen LogP contribution in [0.15, 0.2) is 0 Å². The van der Waals surface area contributed by atoms with Crippen molar-refractivity contribution in [1.82, 2.24) is 10.2 Å². The van der Waals surface area contributed by atoms with Crippen molar-refractivity contribution in [2.24, 2.45) is 17.8 Å². The summed E-state index contributed by atoms with van der Waals surface area (Å²) in [6.45, 7) is 2.51. The van der Waals surface area contributed by atoms with E-state index < -0.39 is 5.97 Å². The molecule has 2 amide bonds. The van der Waals surface area contributed by atoms with E-state index in [9.17, 15) is 9.59 Å². The molecule has 5 unspecified atom stereocenters. The third-order valence-corrected chi connectivity index (χ3v) is 5.53. The van der Waals surface area contributed by atoms with Crippen molar-refractivity contribution in [3.05, 3.63) is 0 Å². The number of nitrogens with one attached hydrogen (secondary N) is 1. The number of hydrogen-bond donors (Lipinski definition) is 2. The highest BCUT2D eigenvalue weighted by atomic mass is 16.4. The molecule has 0 radical (unpaired) electrons. The van der Waals surface area contributed by atoms with Gasteiger partial charge in [-0.25, -0.2) is 4.79 Å². The standard InChI is InChI=1S/C15H24N2O3/c1-9-6-12(14(18)19)4-5-17(9)15(20)16-13-8-10-2-3-11(13)7-10/h9-13H,2-8H2,1H3,(H,16,20)(H,18,19). The van der Waals surface area contributed by atoms with Gasteiger partial charge >= 0.3 is 12.0 Å². The molecule has 2 N–H and O–H groups in total. The van der Waals surface area contributed by atoms with E-state index >= 15 is 0 Å². The summed E-state index contributed by atoms with van der Waals surface area (Å²) in [6.07, 6.45) is 6.14. The Balaban J connectivity index is 1.54. The van der Waals surface area contributed by atoms with Gasteiger partial charge in [0.15, 0.2) is 0 Å². The van der Waals surface area contributed by atoms with Crippen molar-refractivity contribution in [2.45, 2.75) is 57.5 Å². The van der Waals surface area contributed by atoms with Crippen molar-refractivity contribution in [1.29, 1.82) is 0 Å². The van der Waals surface area contributed by atoms with E-state index in [-0.39, 0.29) is 18.0 Å². The molecule has 1 saturated heterocycles. The highest BCUT2D eigenvalue weighted by molar-refractivity contribution is 5.76. The Labute approximate surface area is 119 Å². The molecule has 0 aromatic heterocycles. The summed E-state index contributed by atoms with van der Waals surface area (Å²) in [6, 6.07) is 0.382. The van der Waals surface area contributed by atoms with Crippen LogP contribution in [0.1, 0.15) is 45.4 Å². The molecule has 112 valence electrons. The van der Waals surface area contributed by atoms with Gasteiger partial charge in [0.1, 0.15) is 0 Å². The second-order valence-corrected chi connectivity index (χ2v) is 6.83. The van der Waals surface area contributed by atoms with Gasteiger partial charge in [0.25, 0.3) is 0 Å². The van der Waals surface area contributed by atoms with Crippen molar-refractivity contribution in [3.8, 4) is 0 Å². The quantitative estimate of drug-likeness (QED) is 0.813. The minimum absolute atomic E-state index is 0.0129. The Bertz CT molecular complexity index is 412. The summed E-state index contributed by atoms with van der Waals surface area (Å²) >= 11 is 0. The average molecular weight is 280 g/mol. The molecule has 20 heavy (non-hydrogen) atoms. The maximum absolute atomic E-state index is 12.4. The monoisotopic (exact) mass is 280 g/mol. The molecule has 2 aliphatic carbocycles. The Kier molecular flexibility index (Phi) is 3.61. The molecule has 3 aliphatic rings. The van der Waals surface area contributed by atoms with Gasteiger partial charge in [-0.05, 0) is 50.9 Å². The summed E-state index contributed by atoms with van der Waals surface area (Å²) < 4.78 is 0. The van der Waals surface area contributed by atoms with Crippen LogP contribution in [-0.2, 0) is 4.79 Å². The maximum atomic E-state index is 12.4. The predicted molar refractivity (Wildman–Crippen MR) is 74.3 cm³/mol. The third kappa shape index (κ3) is 2.50. The molecule has 5 atom stereocenters. The Morgan fingerprint density at radius 1 is 1.15 bits per heavy atom. The van der Waals surface area contributed by atoms with Crippen molar-refractivity contribution in [2.75, 3.05) is 6.54 Å². The van der Waals surface area contributed by atoms with Gasteiger partial charge in [0.05, 0.1) is 5.92 Å². The second kappa shape index (κ2) is 5.26. The number of carboxylic acid groups (broad SMARTS) is 1. The van der Waals surface area contributed by atoms with Crippen LogP contribution < -0.4 is 5.32 Å². The van der Waals surface area contributed by atoms with Crippen LogP contribution in [0.3, 0.4) is 0 Å². The van der Waals surface area contributed by atoms with E-state index in [0.29, 0.717) is 31.3 Å². The van der Waals surface area contributed by atoms with Crippen LogP contribution in [0.25, 0.3) is 0 Å². The Morgan fingerprint density at radius 3 is 2.50 bits per heavy atom. The van der Waals surface area contributed by atoms with Crippen LogP contribution in [0.5, 0.6) is 0 Å². The number of aliphatic carboxylic acids is 1. The van der Waals surface area contributed by atoms with Crippen molar-refractivity contribution >= 4 is 12.0 Å². The van der Waals surface area contributed by atoms with Gasteiger partial charge < -0.3 is 15.3 Å². The van der Waals surface area contributed by atoms with E-state index in [1.165, 1.54) is 19.3 Å². The molecule has 1 aliphatic heterocycles. The molecule has 3 fully saturated rings. The van der Waals surface area contributed by atoms with Crippen LogP contribution in [0, 0.1) is 17.8 Å². The smallest absolute Gasteiger partial charge is 0.317 e. The molecule has 0 aromatic carbocycles. The minimum atomic E-state index is -0.731. The Hall–Kier alpha value is -1.26. The highest BCUT2D eigenvalue weighted by Gasteiger charge is 2.41. The van der Waals surface area contributed by atoms with Gasteiger partial charge in [-0.15, -0.1) is 0 Å². The van der Waals surface area contributed by atoms with E-state index in [1.807, 2.05) is 11.8 Å². The average Bonchev–Trinajstić information content (AvgIpc) is 3.00. The number of carbonyl (C=O) groups excluding carboxylic acids is 1. The third-order valence-electron chi connectivity index (χ3n) is 5.53. The highest BCUT2D eigenvalue weighted by Crippen LogP contribution is 2.44. The minimum Gasteiger partial charge on any atom is -0.481 e. The second-order valence-electron chi connectivity index (χ2n) is 6.83. The first kappa shape index (κ1) is 13.7. The van der Waals surface area contributed by atoms with Gasteiger partial charge in [0, 0.05) is 18.6 Å². The van der Waals surface area contributed by atoms with Crippen molar-refractivity contribution < 1.29 is 14.7 Å². The number of piperidine rings is 1. The van der Waals surface area contributed by atoms with Crippen LogP contribution in [0.4, 0.5) is 4.79 Å². The summed E-state index contributed by atoms with van der Waals surface area (Å²) in [5.41, 5.74) is 0. The molecular formula is C15H24N2O3. The van der Waals surface area contributed by atoms with Crippen LogP contribution in [0.2, 0.25) is 0 Å². The lowest BCUT2D eigenvalue weighted by molar-refractivity contribution is -0.143. The summed E-state index contributed by atoms with van der Waals surface area (Å²) in [7, 11) is 0. The lowest BCUT2D eigenvalue weighted by Gasteiger charge is -2.37. The molecule has 0 spiro atoms. The lowest BCUT2D eigenvalue weighted by Crippen LogP contribution is -2.53. The maximum Gasteiger partial charge on any atom is 0.317 e. The number of fused-ring (bicyclic) bond motifs is 2. The fraction of sp³-hybridized carbons (Fsp3) is 0.867. The number of carbonyl (C=O) groups is 2. The van der Waals surface area contributed by atoms with Crippen LogP contribution >= 0.6 is 0 Å².